The second-order valence-electron chi connectivity index (χ2n) is 3.29. The monoisotopic (exact) mass is 218 g/mol. The molecule has 84 valence electrons. The Balaban J connectivity index is 2.59. The van der Waals surface area contributed by atoms with Crippen LogP contribution in [0.25, 0.3) is 0 Å². The van der Waals surface area contributed by atoms with Crippen molar-refractivity contribution in [1.29, 1.82) is 5.26 Å². The molecule has 0 amide bonds. The van der Waals surface area contributed by atoms with Gasteiger partial charge in [-0.1, -0.05) is 6.08 Å². The van der Waals surface area contributed by atoms with E-state index in [1.165, 1.54) is 13.2 Å². The maximum Gasteiger partial charge on any atom is 0.348 e. The molecule has 0 saturated carbocycles. The summed E-state index contributed by atoms with van der Waals surface area (Å²) < 4.78 is 4.45. The summed E-state index contributed by atoms with van der Waals surface area (Å²) in [4.78, 5) is 13.1. The molecule has 1 heterocycles. The van der Waals surface area contributed by atoms with Crippen molar-refractivity contribution in [2.75, 3.05) is 13.7 Å². The van der Waals surface area contributed by atoms with Crippen LogP contribution in [0.4, 0.5) is 0 Å². The van der Waals surface area contributed by atoms with E-state index in [9.17, 15) is 4.79 Å². The number of hydrogen-bond donors (Lipinski definition) is 0. The van der Waals surface area contributed by atoms with Gasteiger partial charge in [0.25, 0.3) is 0 Å². The van der Waals surface area contributed by atoms with E-state index >= 15 is 0 Å². The van der Waals surface area contributed by atoms with E-state index in [4.69, 9.17) is 5.26 Å². The zero-order valence-corrected chi connectivity index (χ0v) is 9.22. The van der Waals surface area contributed by atoms with Gasteiger partial charge >= 0.3 is 5.97 Å². The second-order valence-corrected chi connectivity index (χ2v) is 3.29. The number of hydrogen-bond acceptors (Lipinski definition) is 4. The van der Waals surface area contributed by atoms with Crippen LogP contribution >= 0.6 is 0 Å². The molecule has 0 radical (unpaired) electrons. The van der Waals surface area contributed by atoms with Gasteiger partial charge in [0, 0.05) is 12.7 Å². The summed E-state index contributed by atoms with van der Waals surface area (Å²) in [5.41, 5.74) is -0.000242. The molecule has 0 spiro atoms. The van der Waals surface area contributed by atoms with Crippen molar-refractivity contribution < 1.29 is 9.53 Å². The van der Waals surface area contributed by atoms with Gasteiger partial charge in [-0.15, -0.1) is 0 Å². The SMILES string of the molecule is COC(=O)/C(C#N)=C/C=C/N1C=CCCC1. The quantitative estimate of drug-likeness (QED) is 0.313. The third-order valence-corrected chi connectivity index (χ3v) is 2.15. The van der Waals surface area contributed by atoms with Crippen LogP contribution in [0, 0.1) is 11.3 Å². The number of rotatable bonds is 3. The first-order valence-corrected chi connectivity index (χ1v) is 5.07. The van der Waals surface area contributed by atoms with Crippen molar-refractivity contribution in [3.05, 3.63) is 36.2 Å². The van der Waals surface area contributed by atoms with E-state index < -0.39 is 5.97 Å². The molecule has 0 aromatic carbocycles. The lowest BCUT2D eigenvalue weighted by molar-refractivity contribution is -0.135. The van der Waals surface area contributed by atoms with E-state index in [1.807, 2.05) is 17.3 Å². The molecule has 1 aliphatic heterocycles. The highest BCUT2D eigenvalue weighted by atomic mass is 16.5. The number of esters is 1. The van der Waals surface area contributed by atoms with Crippen LogP contribution in [-0.2, 0) is 9.53 Å². The molecule has 0 saturated heterocycles. The zero-order valence-electron chi connectivity index (χ0n) is 9.22. The smallest absolute Gasteiger partial charge is 0.348 e. The summed E-state index contributed by atoms with van der Waals surface area (Å²) in [5.74, 6) is -0.610. The summed E-state index contributed by atoms with van der Waals surface area (Å²) in [7, 11) is 1.25. The topological polar surface area (TPSA) is 53.3 Å². The Morgan fingerprint density at radius 2 is 2.44 bits per heavy atom. The molecule has 1 aliphatic rings. The molecule has 0 aromatic rings. The molecule has 1 rings (SSSR count). The van der Waals surface area contributed by atoms with Crippen molar-refractivity contribution in [2.24, 2.45) is 0 Å². The van der Waals surface area contributed by atoms with E-state index in [0.29, 0.717) is 0 Å². The van der Waals surface area contributed by atoms with Gasteiger partial charge in [-0.05, 0) is 31.2 Å². The lowest BCUT2D eigenvalue weighted by Crippen LogP contribution is -2.13. The van der Waals surface area contributed by atoms with Crippen LogP contribution in [0.1, 0.15) is 12.8 Å². The third-order valence-electron chi connectivity index (χ3n) is 2.15. The standard InChI is InChI=1S/C12H14N2O2/c1-16-12(15)11(10-13)6-5-9-14-7-3-2-4-8-14/h3,5-7,9H,2,4,8H2,1H3/b9-5+,11-6+. The maximum absolute atomic E-state index is 11.1. The van der Waals surface area contributed by atoms with Gasteiger partial charge in [0.15, 0.2) is 0 Å². The number of allylic oxidation sites excluding steroid dienone is 3. The van der Waals surface area contributed by atoms with Crippen LogP contribution < -0.4 is 0 Å². The molecule has 0 unspecified atom stereocenters. The van der Waals surface area contributed by atoms with Gasteiger partial charge in [0.05, 0.1) is 7.11 Å². The lowest BCUT2D eigenvalue weighted by Gasteiger charge is -2.18. The van der Waals surface area contributed by atoms with Crippen molar-refractivity contribution >= 4 is 5.97 Å². The molecule has 0 bridgehead atoms. The van der Waals surface area contributed by atoms with Crippen molar-refractivity contribution in [3.8, 4) is 6.07 Å². The predicted molar refractivity (Wildman–Crippen MR) is 59.9 cm³/mol. The summed E-state index contributed by atoms with van der Waals surface area (Å²) in [6.45, 7) is 0.959. The maximum atomic E-state index is 11.1. The van der Waals surface area contributed by atoms with Gasteiger partial charge in [-0.2, -0.15) is 5.26 Å². The number of carbonyl (C=O) groups excluding carboxylic acids is 1. The summed E-state index contributed by atoms with van der Waals surface area (Å²) in [6, 6.07) is 1.79. The van der Waals surface area contributed by atoms with Gasteiger partial charge in [-0.3, -0.25) is 0 Å². The molecule has 4 heteroatoms. The Bertz CT molecular complexity index is 375. The summed E-state index contributed by atoms with van der Waals surface area (Å²) in [6.07, 6.45) is 11.2. The highest BCUT2D eigenvalue weighted by molar-refractivity contribution is 5.92. The fourth-order valence-corrected chi connectivity index (χ4v) is 1.31. The van der Waals surface area contributed by atoms with Crippen molar-refractivity contribution in [1.82, 2.24) is 4.90 Å². The molecule has 16 heavy (non-hydrogen) atoms. The summed E-state index contributed by atoms with van der Waals surface area (Å²) in [5, 5.41) is 8.68. The van der Waals surface area contributed by atoms with Crippen molar-refractivity contribution in [2.45, 2.75) is 12.8 Å². The number of ether oxygens (including phenoxy) is 1. The molecule has 0 aromatic heterocycles. The molecule has 0 atom stereocenters. The van der Waals surface area contributed by atoms with Crippen LogP contribution in [-0.4, -0.2) is 24.5 Å². The van der Waals surface area contributed by atoms with Gasteiger partial charge < -0.3 is 9.64 Å². The first-order chi connectivity index (χ1) is 7.77. The van der Waals surface area contributed by atoms with Gasteiger partial charge in [0.1, 0.15) is 11.6 Å². The van der Waals surface area contributed by atoms with Crippen LogP contribution in [0.3, 0.4) is 0 Å². The highest BCUT2D eigenvalue weighted by Gasteiger charge is 2.06. The fraction of sp³-hybridized carbons (Fsp3) is 0.333. The van der Waals surface area contributed by atoms with Crippen molar-refractivity contribution in [3.63, 3.8) is 0 Å². The Morgan fingerprint density at radius 1 is 1.62 bits per heavy atom. The van der Waals surface area contributed by atoms with Crippen LogP contribution in [0.15, 0.2) is 36.2 Å². The number of nitriles is 1. The number of methoxy groups -OCH3 is 1. The third kappa shape index (κ3) is 3.62. The van der Waals surface area contributed by atoms with Gasteiger partial charge in [0.2, 0.25) is 0 Å². The zero-order chi connectivity index (χ0) is 11.8. The Labute approximate surface area is 95.1 Å². The molecule has 0 N–H and O–H groups in total. The summed E-state index contributed by atoms with van der Waals surface area (Å²) >= 11 is 0. The van der Waals surface area contributed by atoms with E-state index in [0.717, 1.165) is 19.4 Å². The van der Waals surface area contributed by atoms with Crippen LogP contribution in [0.2, 0.25) is 0 Å². The van der Waals surface area contributed by atoms with E-state index in [-0.39, 0.29) is 5.57 Å². The number of nitrogens with zero attached hydrogens (tertiary/aromatic N) is 2. The molecule has 0 aliphatic carbocycles. The molecule has 4 nitrogen and oxygen atoms in total. The Kier molecular flexibility index (Phi) is 4.87. The minimum Gasteiger partial charge on any atom is -0.465 e. The minimum atomic E-state index is -0.610. The number of carbonyl (C=O) groups is 1. The Morgan fingerprint density at radius 3 is 3.00 bits per heavy atom. The van der Waals surface area contributed by atoms with Crippen LogP contribution in [0.5, 0.6) is 0 Å². The first-order valence-electron chi connectivity index (χ1n) is 5.07. The predicted octanol–water partition coefficient (Wildman–Crippen LogP) is 1.73. The average Bonchev–Trinajstić information content (AvgIpc) is 2.35. The molecular weight excluding hydrogens is 204 g/mol. The van der Waals surface area contributed by atoms with Gasteiger partial charge in [-0.25, -0.2) is 4.79 Å². The molecule has 0 fully saturated rings. The normalized spacial score (nSPS) is 16.2. The van der Waals surface area contributed by atoms with E-state index in [1.54, 1.807) is 12.1 Å². The Hall–Kier alpha value is -2.02. The minimum absolute atomic E-state index is 0.000242. The second kappa shape index (κ2) is 6.46. The average molecular weight is 218 g/mol. The fourth-order valence-electron chi connectivity index (χ4n) is 1.31. The largest absolute Gasteiger partial charge is 0.465 e. The van der Waals surface area contributed by atoms with E-state index in [2.05, 4.69) is 10.8 Å². The lowest BCUT2D eigenvalue weighted by atomic mass is 10.2. The molecular formula is C12H14N2O2. The highest BCUT2D eigenvalue weighted by Crippen LogP contribution is 2.06. The first kappa shape index (κ1) is 12.1.